The lowest BCUT2D eigenvalue weighted by Crippen LogP contribution is -2.49. The molecule has 1 N–H and O–H groups in total. The Bertz CT molecular complexity index is 673. The highest BCUT2D eigenvalue weighted by Crippen LogP contribution is 2.48. The molecule has 1 aromatic carbocycles. The zero-order valence-corrected chi connectivity index (χ0v) is 19.0. The highest BCUT2D eigenvalue weighted by molar-refractivity contribution is 14.0. The van der Waals surface area contributed by atoms with E-state index in [1.54, 1.807) is 0 Å². The van der Waals surface area contributed by atoms with Crippen LogP contribution in [0.15, 0.2) is 29.3 Å². The van der Waals surface area contributed by atoms with Gasteiger partial charge in [0, 0.05) is 32.1 Å². The number of nitrogens with zero attached hydrogens (tertiary/aromatic N) is 2. The molecule has 0 aromatic heterocycles. The van der Waals surface area contributed by atoms with E-state index in [0.717, 1.165) is 31.9 Å². The van der Waals surface area contributed by atoms with E-state index in [1.165, 1.54) is 24.0 Å². The zero-order valence-electron chi connectivity index (χ0n) is 16.7. The van der Waals surface area contributed by atoms with Crippen molar-refractivity contribution >= 4 is 35.9 Å². The van der Waals surface area contributed by atoms with Gasteiger partial charge in [-0.1, -0.05) is 24.3 Å². The summed E-state index contributed by atoms with van der Waals surface area (Å²) in [6, 6.07) is 8.68. The Morgan fingerprint density at radius 1 is 1.37 bits per heavy atom. The Morgan fingerprint density at radius 3 is 2.74 bits per heavy atom. The molecule has 0 amide bonds. The number of nitrogens with one attached hydrogen (secondary N) is 1. The lowest BCUT2D eigenvalue weighted by atomic mass is 9.92. The van der Waals surface area contributed by atoms with Crippen molar-refractivity contribution in [3.8, 4) is 0 Å². The number of likely N-dealkylation sites (tertiary alicyclic amines) is 1. The summed E-state index contributed by atoms with van der Waals surface area (Å²) in [4.78, 5) is 18.8. The van der Waals surface area contributed by atoms with Crippen LogP contribution in [0.25, 0.3) is 0 Å². The summed E-state index contributed by atoms with van der Waals surface area (Å²) in [6.07, 6.45) is 4.33. The van der Waals surface area contributed by atoms with Gasteiger partial charge in [0.1, 0.15) is 0 Å². The number of rotatable bonds is 5. The van der Waals surface area contributed by atoms with Crippen molar-refractivity contribution in [1.82, 2.24) is 10.2 Å². The van der Waals surface area contributed by atoms with E-state index in [1.807, 2.05) is 14.0 Å². The van der Waals surface area contributed by atoms with Crippen LogP contribution < -0.4 is 5.32 Å². The molecule has 6 heteroatoms. The number of carbonyl (C=O) groups excluding carboxylic acids is 1. The van der Waals surface area contributed by atoms with Crippen LogP contribution in [0.5, 0.6) is 0 Å². The lowest BCUT2D eigenvalue weighted by molar-refractivity contribution is -0.149. The number of esters is 1. The molecule has 0 bridgehead atoms. The maximum absolute atomic E-state index is 12.1. The van der Waals surface area contributed by atoms with Gasteiger partial charge in [0.25, 0.3) is 0 Å². The average molecular weight is 485 g/mol. The van der Waals surface area contributed by atoms with Crippen LogP contribution in [-0.2, 0) is 14.9 Å². The van der Waals surface area contributed by atoms with Crippen LogP contribution in [0, 0.1) is 12.8 Å². The number of benzene rings is 1. The minimum Gasteiger partial charge on any atom is -0.466 e. The Kier molecular flexibility index (Phi) is 7.94. The van der Waals surface area contributed by atoms with Gasteiger partial charge in [-0.05, 0) is 50.7 Å². The minimum absolute atomic E-state index is 0. The minimum atomic E-state index is -0.0776. The van der Waals surface area contributed by atoms with E-state index in [0.29, 0.717) is 13.2 Å². The molecule has 3 rings (SSSR count). The molecule has 27 heavy (non-hydrogen) atoms. The maximum atomic E-state index is 12.1. The lowest BCUT2D eigenvalue weighted by Gasteiger charge is -2.34. The zero-order chi connectivity index (χ0) is 18.6. The van der Waals surface area contributed by atoms with Crippen molar-refractivity contribution in [2.45, 2.75) is 44.9 Å². The molecular formula is C21H32IN3O2. The normalized spacial score (nSPS) is 21.2. The number of guanidine groups is 1. The fourth-order valence-electron chi connectivity index (χ4n) is 4.06. The Hall–Kier alpha value is -1.31. The van der Waals surface area contributed by atoms with Crippen molar-refractivity contribution in [3.05, 3.63) is 35.4 Å². The molecule has 0 spiro atoms. The third-order valence-electron chi connectivity index (χ3n) is 5.71. The summed E-state index contributed by atoms with van der Waals surface area (Å²) in [7, 11) is 1.82. The second-order valence-corrected chi connectivity index (χ2v) is 7.53. The van der Waals surface area contributed by atoms with E-state index in [4.69, 9.17) is 4.74 Å². The first-order chi connectivity index (χ1) is 12.6. The van der Waals surface area contributed by atoms with Crippen LogP contribution in [0.4, 0.5) is 0 Å². The number of aryl methyl sites for hydroxylation is 1. The summed E-state index contributed by atoms with van der Waals surface area (Å²) in [5, 5.41) is 3.58. The first-order valence-electron chi connectivity index (χ1n) is 9.78. The van der Waals surface area contributed by atoms with Crippen LogP contribution in [0.1, 0.15) is 43.7 Å². The molecule has 2 fully saturated rings. The number of hydrogen-bond donors (Lipinski definition) is 1. The maximum Gasteiger partial charge on any atom is 0.310 e. The van der Waals surface area contributed by atoms with E-state index in [9.17, 15) is 4.79 Å². The van der Waals surface area contributed by atoms with Crippen molar-refractivity contribution in [2.75, 3.05) is 33.3 Å². The molecule has 1 saturated carbocycles. The van der Waals surface area contributed by atoms with E-state index in [2.05, 4.69) is 46.4 Å². The van der Waals surface area contributed by atoms with Gasteiger partial charge in [-0.25, -0.2) is 0 Å². The average Bonchev–Trinajstić information content (AvgIpc) is 3.44. The second kappa shape index (κ2) is 9.75. The van der Waals surface area contributed by atoms with E-state index < -0.39 is 0 Å². The van der Waals surface area contributed by atoms with E-state index >= 15 is 0 Å². The fourth-order valence-corrected chi connectivity index (χ4v) is 4.06. The largest absolute Gasteiger partial charge is 0.466 e. The highest BCUT2D eigenvalue weighted by Gasteiger charge is 2.45. The molecule has 1 heterocycles. The van der Waals surface area contributed by atoms with Gasteiger partial charge in [0.2, 0.25) is 0 Å². The molecule has 0 radical (unpaired) electrons. The van der Waals surface area contributed by atoms with Crippen LogP contribution in [-0.4, -0.2) is 50.1 Å². The van der Waals surface area contributed by atoms with Crippen LogP contribution in [0.3, 0.4) is 0 Å². The summed E-state index contributed by atoms with van der Waals surface area (Å²) in [6.45, 7) is 7.02. The van der Waals surface area contributed by atoms with Crippen LogP contribution >= 0.6 is 24.0 Å². The number of aliphatic imine (C=N–C) groups is 1. The molecular weight excluding hydrogens is 453 g/mol. The Morgan fingerprint density at radius 2 is 2.11 bits per heavy atom. The third-order valence-corrected chi connectivity index (χ3v) is 5.71. The third kappa shape index (κ3) is 5.15. The van der Waals surface area contributed by atoms with Gasteiger partial charge >= 0.3 is 5.97 Å². The first kappa shape index (κ1) is 22.0. The van der Waals surface area contributed by atoms with Gasteiger partial charge in [-0.2, -0.15) is 0 Å². The molecule has 1 aliphatic carbocycles. The fraction of sp³-hybridized carbons (Fsp3) is 0.619. The number of halogens is 1. The van der Waals surface area contributed by atoms with Crippen molar-refractivity contribution < 1.29 is 9.53 Å². The Labute approximate surface area is 180 Å². The summed E-state index contributed by atoms with van der Waals surface area (Å²) in [5.41, 5.74) is 3.05. The summed E-state index contributed by atoms with van der Waals surface area (Å²) < 4.78 is 5.21. The van der Waals surface area contributed by atoms with E-state index in [-0.39, 0.29) is 41.3 Å². The van der Waals surface area contributed by atoms with Crippen molar-refractivity contribution in [3.63, 3.8) is 0 Å². The molecule has 150 valence electrons. The standard InChI is InChI=1S/C21H31N3O2.HI/c1-4-26-19(25)17-9-7-13-24(14-17)20(22-3)23-15-21(11-12-21)18-10-6-5-8-16(18)2;/h5-6,8,10,17H,4,7,9,11-15H2,1-3H3,(H,22,23);1H. The van der Waals surface area contributed by atoms with Gasteiger partial charge in [0.05, 0.1) is 12.5 Å². The predicted octanol–water partition coefficient (Wildman–Crippen LogP) is 3.50. The molecule has 1 aromatic rings. The van der Waals surface area contributed by atoms with Crippen LogP contribution in [0.2, 0.25) is 0 Å². The monoisotopic (exact) mass is 485 g/mol. The summed E-state index contributed by atoms with van der Waals surface area (Å²) >= 11 is 0. The van der Waals surface area contributed by atoms with Crippen molar-refractivity contribution in [2.24, 2.45) is 10.9 Å². The molecule has 2 aliphatic rings. The number of ether oxygens (including phenoxy) is 1. The molecule has 1 saturated heterocycles. The molecule has 1 aliphatic heterocycles. The molecule has 5 nitrogen and oxygen atoms in total. The molecule has 1 unspecified atom stereocenters. The van der Waals surface area contributed by atoms with Gasteiger partial charge in [0.15, 0.2) is 5.96 Å². The quantitative estimate of drug-likeness (QED) is 0.300. The molecule has 1 atom stereocenters. The number of piperidine rings is 1. The smallest absolute Gasteiger partial charge is 0.310 e. The van der Waals surface area contributed by atoms with Gasteiger partial charge in [-0.3, -0.25) is 9.79 Å². The van der Waals surface area contributed by atoms with Gasteiger partial charge in [-0.15, -0.1) is 24.0 Å². The SMILES string of the molecule is CCOC(=O)C1CCCN(C(=NC)NCC2(c3ccccc3C)CC2)C1.I. The number of carbonyl (C=O) groups is 1. The van der Waals surface area contributed by atoms with Crippen molar-refractivity contribution in [1.29, 1.82) is 0 Å². The Balaban J connectivity index is 0.00000261. The predicted molar refractivity (Wildman–Crippen MR) is 120 cm³/mol. The number of hydrogen-bond acceptors (Lipinski definition) is 3. The highest BCUT2D eigenvalue weighted by atomic mass is 127. The second-order valence-electron chi connectivity index (χ2n) is 7.53. The first-order valence-corrected chi connectivity index (χ1v) is 9.78. The summed E-state index contributed by atoms with van der Waals surface area (Å²) in [5.74, 6) is 0.776. The van der Waals surface area contributed by atoms with Gasteiger partial charge < -0.3 is 15.0 Å². The topological polar surface area (TPSA) is 53.9 Å².